The zero-order valence-electron chi connectivity index (χ0n) is 23.2. The average molecular weight is 548 g/mol. The number of hydrogen-bond acceptors (Lipinski definition) is 11. The van der Waals surface area contributed by atoms with Gasteiger partial charge in [-0.3, -0.25) is 4.90 Å². The molecule has 2 fully saturated rings. The molecule has 2 aliphatic rings. The SMILES string of the molecule is COCCOc1ccc(N2CCN(CC3CCCN(c4nc(N)n5nc(-c6ccc(C)o6)nc5n4)C3)CC2)cc1. The van der Waals surface area contributed by atoms with Crippen molar-refractivity contribution in [1.29, 1.82) is 0 Å². The zero-order valence-corrected chi connectivity index (χ0v) is 23.2. The number of nitrogens with zero attached hydrogens (tertiary/aromatic N) is 8. The minimum absolute atomic E-state index is 0.273. The molecule has 1 aromatic carbocycles. The van der Waals surface area contributed by atoms with Gasteiger partial charge in [-0.25, -0.2) is 0 Å². The van der Waals surface area contributed by atoms with Crippen LogP contribution in [-0.4, -0.2) is 95.6 Å². The van der Waals surface area contributed by atoms with Crippen molar-refractivity contribution < 1.29 is 13.9 Å². The Kier molecular flexibility index (Phi) is 7.69. The molecule has 0 bridgehead atoms. The average Bonchev–Trinajstić information content (AvgIpc) is 3.61. The third kappa shape index (κ3) is 5.82. The van der Waals surface area contributed by atoms with Crippen molar-refractivity contribution in [3.8, 4) is 17.3 Å². The Labute approximate surface area is 233 Å². The van der Waals surface area contributed by atoms with Crippen molar-refractivity contribution in [2.45, 2.75) is 19.8 Å². The van der Waals surface area contributed by atoms with E-state index in [-0.39, 0.29) is 5.95 Å². The third-order valence-electron chi connectivity index (χ3n) is 7.63. The van der Waals surface area contributed by atoms with Crippen LogP contribution in [-0.2, 0) is 4.74 Å². The van der Waals surface area contributed by atoms with Crippen molar-refractivity contribution in [3.63, 3.8) is 0 Å². The molecule has 2 N–H and O–H groups in total. The number of hydrogen-bond donors (Lipinski definition) is 1. The molecule has 5 heterocycles. The standard InChI is InChI=1S/C28H37N9O3/c1-20-5-10-24(40-20)25-30-28-32-27(31-26(29)37(28)33-25)36-11-3-4-21(19-36)18-34-12-14-35(15-13-34)22-6-8-23(9-7-22)39-17-16-38-2/h5-10,21H,3-4,11-19H2,1-2H3,(H2,29,30,31,32,33). The normalized spacial score (nSPS) is 18.5. The van der Waals surface area contributed by atoms with Crippen molar-refractivity contribution in [3.05, 3.63) is 42.2 Å². The van der Waals surface area contributed by atoms with Crippen LogP contribution in [0.15, 0.2) is 40.8 Å². The van der Waals surface area contributed by atoms with Gasteiger partial charge in [0.05, 0.1) is 6.61 Å². The van der Waals surface area contributed by atoms with Crippen LogP contribution in [0.5, 0.6) is 5.75 Å². The van der Waals surface area contributed by atoms with Crippen LogP contribution < -0.4 is 20.3 Å². The number of benzene rings is 1. The number of methoxy groups -OCH3 is 1. The molecule has 12 heteroatoms. The molecule has 0 amide bonds. The number of aryl methyl sites for hydroxylation is 1. The lowest BCUT2D eigenvalue weighted by Gasteiger charge is -2.40. The molecular formula is C28H37N9O3. The van der Waals surface area contributed by atoms with Gasteiger partial charge in [0.2, 0.25) is 17.7 Å². The molecule has 4 aromatic rings. The van der Waals surface area contributed by atoms with Gasteiger partial charge in [-0.1, -0.05) is 0 Å². The lowest BCUT2D eigenvalue weighted by molar-refractivity contribution is 0.146. The number of anilines is 3. The molecule has 212 valence electrons. The molecule has 1 unspecified atom stereocenters. The summed E-state index contributed by atoms with van der Waals surface area (Å²) in [5.74, 6) is 4.58. The van der Waals surface area contributed by atoms with E-state index in [0.717, 1.165) is 63.7 Å². The second kappa shape index (κ2) is 11.7. The first-order valence-electron chi connectivity index (χ1n) is 14.0. The van der Waals surface area contributed by atoms with Crippen molar-refractivity contribution in [2.24, 2.45) is 5.92 Å². The highest BCUT2D eigenvalue weighted by Crippen LogP contribution is 2.26. The quantitative estimate of drug-likeness (QED) is 0.311. The van der Waals surface area contributed by atoms with E-state index in [1.807, 2.05) is 31.2 Å². The molecule has 2 saturated heterocycles. The van der Waals surface area contributed by atoms with Crippen LogP contribution in [0.4, 0.5) is 17.6 Å². The van der Waals surface area contributed by atoms with Crippen LogP contribution in [0.25, 0.3) is 17.4 Å². The predicted octanol–water partition coefficient (Wildman–Crippen LogP) is 2.73. The van der Waals surface area contributed by atoms with Crippen molar-refractivity contribution >= 4 is 23.4 Å². The highest BCUT2D eigenvalue weighted by molar-refractivity contribution is 5.53. The molecule has 0 radical (unpaired) electrons. The number of aromatic nitrogens is 5. The maximum absolute atomic E-state index is 6.27. The van der Waals surface area contributed by atoms with Gasteiger partial charge in [0.1, 0.15) is 18.1 Å². The van der Waals surface area contributed by atoms with E-state index >= 15 is 0 Å². The highest BCUT2D eigenvalue weighted by atomic mass is 16.5. The zero-order chi connectivity index (χ0) is 27.5. The van der Waals surface area contributed by atoms with E-state index in [9.17, 15) is 0 Å². The summed E-state index contributed by atoms with van der Waals surface area (Å²) in [6.45, 7) is 10.0. The first-order valence-corrected chi connectivity index (χ1v) is 14.0. The third-order valence-corrected chi connectivity index (χ3v) is 7.63. The van der Waals surface area contributed by atoms with Crippen LogP contribution in [0.2, 0.25) is 0 Å². The summed E-state index contributed by atoms with van der Waals surface area (Å²) in [4.78, 5) is 21.1. The molecule has 2 aliphatic heterocycles. The van der Waals surface area contributed by atoms with Gasteiger partial charge in [0, 0.05) is 58.6 Å². The van der Waals surface area contributed by atoms with E-state index in [2.05, 4.69) is 41.9 Å². The molecule has 12 nitrogen and oxygen atoms in total. The number of ether oxygens (including phenoxy) is 2. The summed E-state index contributed by atoms with van der Waals surface area (Å²) in [5, 5.41) is 4.44. The summed E-state index contributed by atoms with van der Waals surface area (Å²) in [6.07, 6.45) is 2.30. The minimum atomic E-state index is 0.273. The second-order valence-electron chi connectivity index (χ2n) is 10.5. The van der Waals surface area contributed by atoms with Gasteiger partial charge in [0.15, 0.2) is 5.76 Å². The highest BCUT2D eigenvalue weighted by Gasteiger charge is 2.27. The summed E-state index contributed by atoms with van der Waals surface area (Å²) in [5.41, 5.74) is 7.51. The Balaban J connectivity index is 1.04. The molecule has 40 heavy (non-hydrogen) atoms. The number of fused-ring (bicyclic) bond motifs is 1. The van der Waals surface area contributed by atoms with E-state index in [4.69, 9.17) is 24.6 Å². The van der Waals surface area contributed by atoms with E-state index in [1.165, 1.54) is 16.6 Å². The number of furan rings is 1. The van der Waals surface area contributed by atoms with Crippen molar-refractivity contribution in [2.75, 3.05) is 81.7 Å². The van der Waals surface area contributed by atoms with Gasteiger partial charge in [-0.05, 0) is 62.1 Å². The molecular weight excluding hydrogens is 510 g/mol. The molecule has 0 aliphatic carbocycles. The second-order valence-corrected chi connectivity index (χ2v) is 10.5. The van der Waals surface area contributed by atoms with Crippen molar-refractivity contribution in [1.82, 2.24) is 29.5 Å². The largest absolute Gasteiger partial charge is 0.491 e. The van der Waals surface area contributed by atoms with E-state index in [0.29, 0.717) is 42.4 Å². The number of nitrogens with two attached hydrogens (primary N) is 1. The smallest absolute Gasteiger partial charge is 0.259 e. The molecule has 3 aromatic heterocycles. The van der Waals surface area contributed by atoms with Gasteiger partial charge in [-0.2, -0.15) is 19.5 Å². The fourth-order valence-electron chi connectivity index (χ4n) is 5.54. The topological polar surface area (TPSA) is 123 Å². The minimum Gasteiger partial charge on any atom is -0.491 e. The molecule has 0 spiro atoms. The molecule has 1 atom stereocenters. The van der Waals surface area contributed by atoms with E-state index < -0.39 is 0 Å². The van der Waals surface area contributed by atoms with Crippen LogP contribution in [0.3, 0.4) is 0 Å². The Morgan fingerprint density at radius 3 is 2.52 bits per heavy atom. The maximum atomic E-state index is 6.27. The van der Waals surface area contributed by atoms with Crippen LogP contribution >= 0.6 is 0 Å². The van der Waals surface area contributed by atoms with Gasteiger partial charge in [-0.15, -0.1) is 5.10 Å². The molecule has 0 saturated carbocycles. The Morgan fingerprint density at radius 2 is 1.77 bits per heavy atom. The predicted molar refractivity (Wildman–Crippen MR) is 153 cm³/mol. The van der Waals surface area contributed by atoms with Crippen LogP contribution in [0.1, 0.15) is 18.6 Å². The summed E-state index contributed by atoms with van der Waals surface area (Å²) in [6, 6.07) is 12.1. The Bertz CT molecular complexity index is 1410. The van der Waals surface area contributed by atoms with Gasteiger partial charge in [0.25, 0.3) is 5.78 Å². The van der Waals surface area contributed by atoms with Gasteiger partial charge < -0.3 is 29.4 Å². The number of rotatable bonds is 9. The first-order chi connectivity index (χ1) is 19.6. The van der Waals surface area contributed by atoms with Crippen LogP contribution in [0, 0.1) is 12.8 Å². The first kappa shape index (κ1) is 26.3. The van der Waals surface area contributed by atoms with Gasteiger partial charge >= 0.3 is 0 Å². The number of nitrogen functional groups attached to an aromatic ring is 1. The number of piperidine rings is 1. The summed E-state index contributed by atoms with van der Waals surface area (Å²) in [7, 11) is 1.68. The lowest BCUT2D eigenvalue weighted by Crippen LogP contribution is -2.49. The summed E-state index contributed by atoms with van der Waals surface area (Å²) >= 11 is 0. The number of piperazine rings is 1. The maximum Gasteiger partial charge on any atom is 0.259 e. The monoisotopic (exact) mass is 547 g/mol. The molecule has 6 rings (SSSR count). The fraction of sp³-hybridized carbons (Fsp3) is 0.500. The Hall–Kier alpha value is -3.90. The Morgan fingerprint density at radius 1 is 0.950 bits per heavy atom. The fourth-order valence-corrected chi connectivity index (χ4v) is 5.54. The lowest BCUT2D eigenvalue weighted by atomic mass is 9.97. The summed E-state index contributed by atoms with van der Waals surface area (Å²) < 4.78 is 17.9. The van der Waals surface area contributed by atoms with E-state index in [1.54, 1.807) is 7.11 Å².